The van der Waals surface area contributed by atoms with Crippen LogP contribution in [0.4, 0.5) is 11.4 Å². The van der Waals surface area contributed by atoms with E-state index in [1.807, 2.05) is 67.6 Å². The van der Waals surface area contributed by atoms with Gasteiger partial charge in [-0.05, 0) is 109 Å². The van der Waals surface area contributed by atoms with Crippen molar-refractivity contribution in [2.24, 2.45) is 5.73 Å². The van der Waals surface area contributed by atoms with E-state index in [4.69, 9.17) is 14.9 Å². The Hall–Kier alpha value is -5.24. The topological polar surface area (TPSA) is 170 Å². The first-order valence-electron chi connectivity index (χ1n) is 21.4. The number of hydrogen-bond donors (Lipinski definition) is 4. The van der Waals surface area contributed by atoms with E-state index in [1.54, 1.807) is 19.2 Å². The van der Waals surface area contributed by atoms with Gasteiger partial charge in [0.1, 0.15) is 11.5 Å². The molecule has 0 saturated heterocycles. The Morgan fingerprint density at radius 3 is 2.31 bits per heavy atom. The molecule has 1 heterocycles. The SMILES string of the molecule is COc1cccc(Nc2c(C(N)=O)cnc3c(C)cc(Cc4cccc(C(=O)NCCCCCCCC[C@H](O[Si](C)(C)C(C)(C)C)c5ccc(O)c(CS(C)(=O)=O)c5)c4)cc23)c1. The normalized spacial score (nSPS) is 12.6. The number of nitrogens with zero attached hydrogens (tertiary/aromatic N) is 1. The number of benzene rings is 4. The third kappa shape index (κ3) is 13.1. The monoisotopic (exact) mass is 880 g/mol. The largest absolute Gasteiger partial charge is 0.508 e. The van der Waals surface area contributed by atoms with Gasteiger partial charge >= 0.3 is 0 Å². The van der Waals surface area contributed by atoms with Crippen molar-refractivity contribution in [2.75, 3.05) is 25.2 Å². The average Bonchev–Trinajstić information content (AvgIpc) is 3.20. The Bertz CT molecular complexity index is 2480. The molecular weight excluding hydrogens is 817 g/mol. The van der Waals surface area contributed by atoms with Crippen LogP contribution in [0.15, 0.2) is 85.1 Å². The molecule has 0 unspecified atom stereocenters. The third-order valence-electron chi connectivity index (χ3n) is 11.7. The van der Waals surface area contributed by atoms with Gasteiger partial charge in [-0.3, -0.25) is 14.6 Å². The van der Waals surface area contributed by atoms with Crippen molar-refractivity contribution in [3.8, 4) is 11.5 Å². The minimum absolute atomic E-state index is 0.00760. The summed E-state index contributed by atoms with van der Waals surface area (Å²) in [4.78, 5) is 30.3. The molecule has 0 fully saturated rings. The van der Waals surface area contributed by atoms with Crippen molar-refractivity contribution in [3.63, 3.8) is 0 Å². The van der Waals surface area contributed by atoms with Crippen LogP contribution in [0.2, 0.25) is 18.1 Å². The second kappa shape index (κ2) is 20.8. The highest BCUT2D eigenvalue weighted by molar-refractivity contribution is 7.89. The zero-order valence-electron chi connectivity index (χ0n) is 37.6. The number of anilines is 2. The van der Waals surface area contributed by atoms with Gasteiger partial charge in [0.2, 0.25) is 0 Å². The number of fused-ring (bicyclic) bond motifs is 1. The van der Waals surface area contributed by atoms with Crippen LogP contribution < -0.4 is 21.1 Å². The number of aryl methyl sites for hydroxylation is 1. The maximum Gasteiger partial charge on any atom is 0.252 e. The molecule has 0 bridgehead atoms. The fourth-order valence-corrected chi connectivity index (χ4v) is 9.49. The number of sulfone groups is 1. The standard InChI is InChI=1S/C49H64N4O7SSi/c1-33-25-35(28-41-45(33)52-31-42(47(50)55)46(41)53-39-19-16-20-40(30-39)59-5)26-34-17-15-18-37(27-34)48(56)51-24-14-12-10-9-11-13-21-44(60-62(7,8)49(2,3)4)36-22-23-43(54)38(29-36)32-61(6,57)58/h15-20,22-23,25,27-31,44,54H,9-14,21,24,26,32H2,1-8H3,(H2,50,55)(H,51,56)(H,52,53)/t44-/m0/s1. The third-order valence-corrected chi connectivity index (χ3v) is 17.1. The van der Waals surface area contributed by atoms with Gasteiger partial charge in [0.05, 0.1) is 35.7 Å². The predicted octanol–water partition coefficient (Wildman–Crippen LogP) is 10.5. The highest BCUT2D eigenvalue weighted by Gasteiger charge is 2.39. The average molecular weight is 881 g/mol. The summed E-state index contributed by atoms with van der Waals surface area (Å²) in [6.45, 7) is 13.6. The summed E-state index contributed by atoms with van der Waals surface area (Å²) >= 11 is 0. The van der Waals surface area contributed by atoms with Crippen LogP contribution in [-0.2, 0) is 26.4 Å². The Morgan fingerprint density at radius 2 is 1.61 bits per heavy atom. The van der Waals surface area contributed by atoms with Gasteiger partial charge in [-0.2, -0.15) is 0 Å². The van der Waals surface area contributed by atoms with Crippen molar-refractivity contribution >= 4 is 52.2 Å². The Labute approximate surface area is 368 Å². The van der Waals surface area contributed by atoms with Crippen molar-refractivity contribution < 1.29 is 32.3 Å². The van der Waals surface area contributed by atoms with E-state index >= 15 is 0 Å². The molecule has 0 spiro atoms. The van der Waals surface area contributed by atoms with Gasteiger partial charge in [-0.15, -0.1) is 0 Å². The van der Waals surface area contributed by atoms with E-state index in [1.165, 1.54) is 12.5 Å². The predicted molar refractivity (Wildman–Crippen MR) is 253 cm³/mol. The molecule has 5 rings (SSSR count). The van der Waals surface area contributed by atoms with Gasteiger partial charge in [0, 0.05) is 47.3 Å². The Morgan fingerprint density at radius 1 is 0.903 bits per heavy atom. The molecule has 332 valence electrons. The fourth-order valence-electron chi connectivity index (χ4n) is 7.38. The summed E-state index contributed by atoms with van der Waals surface area (Å²) in [5.41, 5.74) is 13.0. The molecule has 4 aromatic carbocycles. The molecule has 1 atom stereocenters. The van der Waals surface area contributed by atoms with Crippen LogP contribution >= 0.6 is 0 Å². The van der Waals surface area contributed by atoms with E-state index in [9.17, 15) is 23.1 Å². The molecule has 5 N–H and O–H groups in total. The second-order valence-corrected chi connectivity index (χ2v) is 24.8. The highest BCUT2D eigenvalue weighted by Crippen LogP contribution is 2.42. The summed E-state index contributed by atoms with van der Waals surface area (Å²) in [5, 5.41) is 17.6. The lowest BCUT2D eigenvalue weighted by Crippen LogP contribution is -2.41. The van der Waals surface area contributed by atoms with Crippen molar-refractivity contribution in [2.45, 2.75) is 109 Å². The molecule has 0 saturated carbocycles. The molecule has 1 aromatic heterocycles. The first kappa shape index (κ1) is 47.8. The molecule has 0 aliphatic carbocycles. The number of pyridine rings is 1. The quantitative estimate of drug-likeness (QED) is 0.0414. The Balaban J connectivity index is 1.13. The van der Waals surface area contributed by atoms with Crippen LogP contribution in [0.25, 0.3) is 10.9 Å². The van der Waals surface area contributed by atoms with Gasteiger partial charge in [0.15, 0.2) is 18.2 Å². The molecule has 0 radical (unpaired) electrons. The Kier molecular flexibility index (Phi) is 16.0. The first-order chi connectivity index (χ1) is 29.2. The van der Waals surface area contributed by atoms with Gasteiger partial charge in [-0.25, -0.2) is 8.42 Å². The number of hydrogen-bond acceptors (Lipinski definition) is 9. The van der Waals surface area contributed by atoms with Crippen molar-refractivity contribution in [1.29, 1.82) is 0 Å². The molecule has 11 nitrogen and oxygen atoms in total. The number of aromatic hydroxyl groups is 1. The van der Waals surface area contributed by atoms with Crippen LogP contribution in [-0.4, -0.2) is 58.6 Å². The fraction of sp³-hybridized carbons (Fsp3) is 0.408. The number of primary amides is 1. The van der Waals surface area contributed by atoms with Gasteiger partial charge in [-0.1, -0.05) is 83.2 Å². The number of aromatic nitrogens is 1. The number of nitrogens with one attached hydrogen (secondary N) is 2. The lowest BCUT2D eigenvalue weighted by molar-refractivity contribution is 0.0951. The summed E-state index contributed by atoms with van der Waals surface area (Å²) in [7, 11) is -3.86. The number of carbonyl (C=O) groups excluding carboxylic acids is 2. The summed E-state index contributed by atoms with van der Waals surface area (Å²) in [6, 6.07) is 24.5. The van der Waals surface area contributed by atoms with Crippen LogP contribution in [0.3, 0.4) is 0 Å². The molecule has 0 aliphatic heterocycles. The number of ether oxygens (including phenoxy) is 1. The number of unbranched alkanes of at least 4 members (excludes halogenated alkanes) is 5. The smallest absolute Gasteiger partial charge is 0.252 e. The number of phenols is 1. The number of rotatable bonds is 21. The first-order valence-corrected chi connectivity index (χ1v) is 26.4. The van der Waals surface area contributed by atoms with E-state index < -0.39 is 24.1 Å². The van der Waals surface area contributed by atoms with Crippen LogP contribution in [0.5, 0.6) is 11.5 Å². The summed E-state index contributed by atoms with van der Waals surface area (Å²) < 4.78 is 36.4. The van der Waals surface area contributed by atoms with Crippen LogP contribution in [0.1, 0.15) is 120 Å². The molecule has 2 amide bonds. The molecule has 13 heteroatoms. The zero-order chi connectivity index (χ0) is 45.2. The maximum atomic E-state index is 13.2. The highest BCUT2D eigenvalue weighted by atomic mass is 32.2. The van der Waals surface area contributed by atoms with E-state index in [2.05, 4.69) is 55.5 Å². The number of phenolic OH excluding ortho intramolecular Hbond substituents is 1. The number of nitrogens with two attached hydrogens (primary N) is 1. The molecule has 0 aliphatic rings. The van der Waals surface area contributed by atoms with E-state index in [-0.39, 0.29) is 34.1 Å². The number of carbonyl (C=O) groups is 2. The summed E-state index contributed by atoms with van der Waals surface area (Å²) in [5.74, 6) is -0.252. The molecule has 62 heavy (non-hydrogen) atoms. The second-order valence-electron chi connectivity index (χ2n) is 17.9. The summed E-state index contributed by atoms with van der Waals surface area (Å²) in [6.07, 6.45) is 9.85. The van der Waals surface area contributed by atoms with Gasteiger partial charge in [0.25, 0.3) is 11.8 Å². The number of methoxy groups -OCH3 is 1. The van der Waals surface area contributed by atoms with Crippen LogP contribution in [0, 0.1) is 6.92 Å². The molecule has 5 aromatic rings. The minimum Gasteiger partial charge on any atom is -0.508 e. The van der Waals surface area contributed by atoms with Crippen molar-refractivity contribution in [1.82, 2.24) is 10.3 Å². The molecular formula is C49H64N4O7SSi. The van der Waals surface area contributed by atoms with Gasteiger partial charge < -0.3 is 30.6 Å². The van der Waals surface area contributed by atoms with E-state index in [0.717, 1.165) is 83.8 Å². The lowest BCUT2D eigenvalue weighted by Gasteiger charge is -2.39. The van der Waals surface area contributed by atoms with E-state index in [0.29, 0.717) is 35.5 Å². The number of amides is 2. The zero-order valence-corrected chi connectivity index (χ0v) is 39.4. The van der Waals surface area contributed by atoms with Crippen molar-refractivity contribution in [3.05, 3.63) is 124 Å². The minimum atomic E-state index is -3.32. The lowest BCUT2D eigenvalue weighted by atomic mass is 9.97. The maximum absolute atomic E-state index is 13.2.